The molecule has 0 aliphatic heterocycles. The van der Waals surface area contributed by atoms with Crippen LogP contribution in [0.2, 0.25) is 0 Å². The van der Waals surface area contributed by atoms with Gasteiger partial charge in [0.1, 0.15) is 5.75 Å². The molecule has 94 valence electrons. The molecular formula is C12H16BrNO3. The lowest BCUT2D eigenvalue weighted by Gasteiger charge is -2.16. The van der Waals surface area contributed by atoms with Gasteiger partial charge in [-0.3, -0.25) is 0 Å². The first-order chi connectivity index (χ1) is 8.08. The van der Waals surface area contributed by atoms with Gasteiger partial charge in [0.2, 0.25) is 0 Å². The number of benzene rings is 1. The van der Waals surface area contributed by atoms with E-state index in [2.05, 4.69) is 15.9 Å². The number of ether oxygens (including phenoxy) is 1. The van der Waals surface area contributed by atoms with Crippen LogP contribution >= 0.6 is 15.9 Å². The SMILES string of the molecule is CCC(Oc1ccc(Br)cc1CCN)C(=O)O. The van der Waals surface area contributed by atoms with E-state index in [9.17, 15) is 4.79 Å². The summed E-state index contributed by atoms with van der Waals surface area (Å²) in [6.07, 6.45) is 0.269. The van der Waals surface area contributed by atoms with Crippen LogP contribution in [0.25, 0.3) is 0 Å². The molecule has 0 bridgehead atoms. The Morgan fingerprint density at radius 3 is 2.82 bits per heavy atom. The van der Waals surface area contributed by atoms with Gasteiger partial charge in [-0.25, -0.2) is 4.79 Å². The van der Waals surface area contributed by atoms with Gasteiger partial charge in [-0.2, -0.15) is 0 Å². The summed E-state index contributed by atoms with van der Waals surface area (Å²) in [7, 11) is 0. The topological polar surface area (TPSA) is 72.5 Å². The van der Waals surface area contributed by atoms with Crippen LogP contribution in [0, 0.1) is 0 Å². The third-order valence-electron chi connectivity index (χ3n) is 2.35. The van der Waals surface area contributed by atoms with Crippen molar-refractivity contribution < 1.29 is 14.6 Å². The van der Waals surface area contributed by atoms with Crippen LogP contribution in [0.5, 0.6) is 5.75 Å². The van der Waals surface area contributed by atoms with Gasteiger partial charge >= 0.3 is 5.97 Å². The summed E-state index contributed by atoms with van der Waals surface area (Å²) in [5.74, 6) is -0.359. The van der Waals surface area contributed by atoms with Crippen LogP contribution in [0.4, 0.5) is 0 Å². The van der Waals surface area contributed by atoms with Crippen LogP contribution in [-0.4, -0.2) is 23.7 Å². The molecule has 0 spiro atoms. The maximum absolute atomic E-state index is 10.9. The Hall–Kier alpha value is -1.07. The molecule has 0 aliphatic carbocycles. The van der Waals surface area contributed by atoms with E-state index >= 15 is 0 Å². The molecule has 5 heteroatoms. The highest BCUT2D eigenvalue weighted by Gasteiger charge is 2.18. The molecule has 4 nitrogen and oxygen atoms in total. The van der Waals surface area contributed by atoms with Crippen molar-refractivity contribution in [1.82, 2.24) is 0 Å². The van der Waals surface area contributed by atoms with E-state index < -0.39 is 12.1 Å². The first-order valence-electron chi connectivity index (χ1n) is 5.46. The van der Waals surface area contributed by atoms with Gasteiger partial charge in [-0.1, -0.05) is 22.9 Å². The summed E-state index contributed by atoms with van der Waals surface area (Å²) in [6.45, 7) is 2.27. The largest absolute Gasteiger partial charge is 0.479 e. The highest BCUT2D eigenvalue weighted by atomic mass is 79.9. The van der Waals surface area contributed by atoms with Gasteiger partial charge in [0.25, 0.3) is 0 Å². The second-order valence-corrected chi connectivity index (χ2v) is 4.56. The Kier molecular flexibility index (Phi) is 5.44. The Balaban J connectivity index is 2.92. The van der Waals surface area contributed by atoms with Crippen molar-refractivity contribution in [3.63, 3.8) is 0 Å². The number of carbonyl (C=O) groups is 1. The number of halogens is 1. The third-order valence-corrected chi connectivity index (χ3v) is 2.84. The molecule has 0 saturated carbocycles. The summed E-state index contributed by atoms with van der Waals surface area (Å²) < 4.78 is 6.42. The number of nitrogens with two attached hydrogens (primary N) is 1. The fourth-order valence-corrected chi connectivity index (χ4v) is 1.88. The Labute approximate surface area is 109 Å². The molecule has 0 heterocycles. The van der Waals surface area contributed by atoms with E-state index in [0.717, 1.165) is 10.0 Å². The third kappa shape index (κ3) is 4.02. The van der Waals surface area contributed by atoms with Gasteiger partial charge in [0.05, 0.1) is 0 Å². The van der Waals surface area contributed by atoms with E-state index in [1.807, 2.05) is 12.1 Å². The van der Waals surface area contributed by atoms with Crippen LogP contribution in [0.3, 0.4) is 0 Å². The molecule has 1 aromatic rings. The predicted octanol–water partition coefficient (Wildman–Crippen LogP) is 2.19. The molecule has 1 unspecified atom stereocenters. The van der Waals surface area contributed by atoms with E-state index in [0.29, 0.717) is 25.1 Å². The summed E-state index contributed by atoms with van der Waals surface area (Å²) in [5.41, 5.74) is 6.43. The number of rotatable bonds is 6. The lowest BCUT2D eigenvalue weighted by molar-refractivity contribution is -0.145. The quantitative estimate of drug-likeness (QED) is 0.845. The first kappa shape index (κ1) is 14.0. The number of aliphatic carboxylic acids is 1. The first-order valence-corrected chi connectivity index (χ1v) is 6.25. The van der Waals surface area contributed by atoms with Crippen molar-refractivity contribution in [2.75, 3.05) is 6.54 Å². The number of carboxylic acid groups (broad SMARTS) is 1. The minimum absolute atomic E-state index is 0.424. The molecule has 1 atom stereocenters. The second kappa shape index (κ2) is 6.61. The van der Waals surface area contributed by atoms with Crippen LogP contribution in [0.1, 0.15) is 18.9 Å². The Morgan fingerprint density at radius 1 is 1.59 bits per heavy atom. The fraction of sp³-hybridized carbons (Fsp3) is 0.417. The second-order valence-electron chi connectivity index (χ2n) is 3.64. The normalized spacial score (nSPS) is 12.2. The summed E-state index contributed by atoms with van der Waals surface area (Å²) in [4.78, 5) is 10.9. The highest BCUT2D eigenvalue weighted by molar-refractivity contribution is 9.10. The van der Waals surface area contributed by atoms with Gasteiger partial charge in [0.15, 0.2) is 6.10 Å². The molecule has 1 rings (SSSR count). The van der Waals surface area contributed by atoms with Crippen molar-refractivity contribution in [1.29, 1.82) is 0 Å². The van der Waals surface area contributed by atoms with Gasteiger partial charge < -0.3 is 15.6 Å². The minimum atomic E-state index is -0.950. The van der Waals surface area contributed by atoms with Crippen LogP contribution in [-0.2, 0) is 11.2 Å². The maximum atomic E-state index is 10.9. The lowest BCUT2D eigenvalue weighted by Crippen LogP contribution is -2.26. The molecule has 0 amide bonds. The highest BCUT2D eigenvalue weighted by Crippen LogP contribution is 2.25. The summed E-state index contributed by atoms with van der Waals surface area (Å²) in [5, 5.41) is 8.95. The zero-order valence-corrected chi connectivity index (χ0v) is 11.2. The lowest BCUT2D eigenvalue weighted by atomic mass is 10.1. The average Bonchev–Trinajstić information content (AvgIpc) is 2.28. The molecule has 3 N–H and O–H groups in total. The monoisotopic (exact) mass is 301 g/mol. The van der Waals surface area contributed by atoms with Crippen molar-refractivity contribution in [3.05, 3.63) is 28.2 Å². The van der Waals surface area contributed by atoms with Crippen molar-refractivity contribution in [3.8, 4) is 5.75 Å². The number of carboxylic acids is 1. The number of hydrogen-bond donors (Lipinski definition) is 2. The van der Waals surface area contributed by atoms with Crippen molar-refractivity contribution in [2.24, 2.45) is 5.73 Å². The van der Waals surface area contributed by atoms with Gasteiger partial charge in [-0.05, 0) is 43.1 Å². The molecule has 0 saturated heterocycles. The smallest absolute Gasteiger partial charge is 0.344 e. The van der Waals surface area contributed by atoms with Crippen molar-refractivity contribution >= 4 is 21.9 Å². The molecule has 1 aromatic carbocycles. The predicted molar refractivity (Wildman–Crippen MR) is 69.2 cm³/mol. The van der Waals surface area contributed by atoms with Gasteiger partial charge in [-0.15, -0.1) is 0 Å². The standard InChI is InChI=1S/C12H16BrNO3/c1-2-10(12(15)16)17-11-4-3-9(13)7-8(11)5-6-14/h3-4,7,10H,2,5-6,14H2,1H3,(H,15,16). The van der Waals surface area contributed by atoms with Crippen LogP contribution < -0.4 is 10.5 Å². The zero-order valence-electron chi connectivity index (χ0n) is 9.65. The van der Waals surface area contributed by atoms with E-state index in [1.165, 1.54) is 0 Å². The summed E-state index contributed by atoms with van der Waals surface area (Å²) >= 11 is 3.37. The fourth-order valence-electron chi connectivity index (χ4n) is 1.48. The Bertz CT molecular complexity index is 395. The van der Waals surface area contributed by atoms with E-state index in [4.69, 9.17) is 15.6 Å². The molecule has 0 aromatic heterocycles. The molecule has 0 fully saturated rings. The van der Waals surface area contributed by atoms with Gasteiger partial charge in [0, 0.05) is 4.47 Å². The average molecular weight is 302 g/mol. The summed E-state index contributed by atoms with van der Waals surface area (Å²) in [6, 6.07) is 5.49. The zero-order chi connectivity index (χ0) is 12.8. The van der Waals surface area contributed by atoms with Crippen LogP contribution in [0.15, 0.2) is 22.7 Å². The maximum Gasteiger partial charge on any atom is 0.344 e. The minimum Gasteiger partial charge on any atom is -0.479 e. The van der Waals surface area contributed by atoms with E-state index in [1.54, 1.807) is 13.0 Å². The Morgan fingerprint density at radius 2 is 2.29 bits per heavy atom. The van der Waals surface area contributed by atoms with Crippen molar-refractivity contribution in [2.45, 2.75) is 25.9 Å². The molecule has 0 aliphatic rings. The van der Waals surface area contributed by atoms with E-state index in [-0.39, 0.29) is 0 Å². The number of hydrogen-bond acceptors (Lipinski definition) is 3. The molecular weight excluding hydrogens is 286 g/mol. The molecule has 0 radical (unpaired) electrons. The molecule has 17 heavy (non-hydrogen) atoms.